The van der Waals surface area contributed by atoms with Crippen LogP contribution in [0, 0.1) is 0 Å². The van der Waals surface area contributed by atoms with E-state index in [1.807, 2.05) is 54.5 Å². The molecule has 1 aromatic heterocycles. The van der Waals surface area contributed by atoms with Crippen molar-refractivity contribution in [2.24, 2.45) is 0 Å². The van der Waals surface area contributed by atoms with Gasteiger partial charge in [-0.2, -0.15) is 0 Å². The first kappa shape index (κ1) is 14.7. The quantitative estimate of drug-likeness (QED) is 0.914. The molecule has 1 aromatic carbocycles. The van der Waals surface area contributed by atoms with Crippen molar-refractivity contribution < 1.29 is 4.79 Å². The highest BCUT2D eigenvalue weighted by Gasteiger charge is 2.08. The van der Waals surface area contributed by atoms with Gasteiger partial charge in [0.15, 0.2) is 0 Å². The molecule has 0 radical (unpaired) electrons. The lowest BCUT2D eigenvalue weighted by Crippen LogP contribution is -2.29. The molecule has 0 saturated heterocycles. The van der Waals surface area contributed by atoms with E-state index >= 15 is 0 Å². The number of likely N-dealkylation sites (N-methyl/N-ethyl adjacent to an activating group) is 1. The fourth-order valence-electron chi connectivity index (χ4n) is 1.86. The second-order valence-electron chi connectivity index (χ2n) is 4.56. The number of aromatic nitrogens is 1. The zero-order chi connectivity index (χ0) is 14.4. The summed E-state index contributed by atoms with van der Waals surface area (Å²) in [7, 11) is 1.91. The van der Waals surface area contributed by atoms with Crippen LogP contribution >= 0.6 is 15.9 Å². The fourth-order valence-corrected chi connectivity index (χ4v) is 2.24. The molecule has 0 unspecified atom stereocenters. The van der Waals surface area contributed by atoms with Crippen LogP contribution in [0.3, 0.4) is 0 Å². The normalized spacial score (nSPS) is 10.6. The number of carbonyl (C=O) groups excluding carboxylic acids is 1. The number of hydrogen-bond acceptors (Lipinski definition) is 3. The molecule has 0 fully saturated rings. The molecular weight excluding hydrogens is 318 g/mol. The zero-order valence-electron chi connectivity index (χ0n) is 11.2. The monoisotopic (exact) mass is 333 g/mol. The van der Waals surface area contributed by atoms with Crippen molar-refractivity contribution in [2.75, 3.05) is 18.9 Å². The van der Waals surface area contributed by atoms with Crippen LogP contribution in [0.15, 0.2) is 53.3 Å². The number of carbonyl (C=O) groups is 1. The molecule has 2 aromatic rings. The highest BCUT2D eigenvalue weighted by Crippen LogP contribution is 2.20. The van der Waals surface area contributed by atoms with Gasteiger partial charge in [-0.05, 0) is 46.7 Å². The third kappa shape index (κ3) is 4.43. The second-order valence-corrected chi connectivity index (χ2v) is 5.42. The first-order chi connectivity index (χ1) is 9.65. The molecule has 0 aliphatic carbocycles. The van der Waals surface area contributed by atoms with Gasteiger partial charge in [-0.1, -0.05) is 18.2 Å². The van der Waals surface area contributed by atoms with Crippen molar-refractivity contribution in [3.05, 3.63) is 58.8 Å². The average Bonchev–Trinajstić information content (AvgIpc) is 2.42. The minimum absolute atomic E-state index is 0.0386. The molecule has 0 aliphatic rings. The standard InChI is InChI=1S/C15H16BrN3O/c1-19(10-12-5-4-8-17-9-12)11-15(20)18-14-7-3-2-6-13(14)16/h2-9H,10-11H2,1H3,(H,18,20). The van der Waals surface area contributed by atoms with Gasteiger partial charge in [0.1, 0.15) is 0 Å². The van der Waals surface area contributed by atoms with Crippen molar-refractivity contribution in [3.8, 4) is 0 Å². The van der Waals surface area contributed by atoms with Gasteiger partial charge in [-0.3, -0.25) is 14.7 Å². The summed E-state index contributed by atoms with van der Waals surface area (Å²) in [5, 5.41) is 2.88. The summed E-state index contributed by atoms with van der Waals surface area (Å²) in [4.78, 5) is 18.0. The van der Waals surface area contributed by atoms with E-state index in [-0.39, 0.29) is 5.91 Å². The second kappa shape index (κ2) is 7.17. The maximum Gasteiger partial charge on any atom is 0.238 e. The number of nitrogens with zero attached hydrogens (tertiary/aromatic N) is 2. The highest BCUT2D eigenvalue weighted by molar-refractivity contribution is 9.10. The van der Waals surface area contributed by atoms with Crippen LogP contribution in [-0.4, -0.2) is 29.4 Å². The van der Waals surface area contributed by atoms with Crippen LogP contribution in [-0.2, 0) is 11.3 Å². The van der Waals surface area contributed by atoms with Gasteiger partial charge < -0.3 is 5.32 Å². The molecule has 2 rings (SSSR count). The molecule has 0 saturated carbocycles. The molecule has 0 aliphatic heterocycles. The smallest absolute Gasteiger partial charge is 0.238 e. The summed E-state index contributed by atoms with van der Waals surface area (Å²) in [5.41, 5.74) is 1.87. The first-order valence-corrected chi connectivity index (χ1v) is 7.06. The number of anilines is 1. The lowest BCUT2D eigenvalue weighted by molar-refractivity contribution is -0.117. The van der Waals surface area contributed by atoms with Gasteiger partial charge in [0.2, 0.25) is 5.91 Å². The van der Waals surface area contributed by atoms with Crippen molar-refractivity contribution in [1.29, 1.82) is 0 Å². The van der Waals surface area contributed by atoms with Crippen molar-refractivity contribution in [1.82, 2.24) is 9.88 Å². The number of halogens is 1. The SMILES string of the molecule is CN(CC(=O)Nc1ccccc1Br)Cc1cccnc1. The maximum atomic E-state index is 12.0. The number of pyridine rings is 1. The first-order valence-electron chi connectivity index (χ1n) is 6.27. The Morgan fingerprint density at radius 2 is 2.10 bits per heavy atom. The molecule has 1 amide bonds. The van der Waals surface area contributed by atoms with Crippen LogP contribution in [0.5, 0.6) is 0 Å². The Morgan fingerprint density at radius 1 is 1.30 bits per heavy atom. The number of hydrogen-bond donors (Lipinski definition) is 1. The maximum absolute atomic E-state index is 12.0. The van der Waals surface area contributed by atoms with E-state index < -0.39 is 0 Å². The Labute approximate surface area is 127 Å². The van der Waals surface area contributed by atoms with Crippen LogP contribution in [0.4, 0.5) is 5.69 Å². The predicted octanol–water partition coefficient (Wildman–Crippen LogP) is 2.91. The van der Waals surface area contributed by atoms with Crippen molar-refractivity contribution in [2.45, 2.75) is 6.54 Å². The Hall–Kier alpha value is -1.72. The van der Waals surface area contributed by atoms with E-state index in [2.05, 4.69) is 26.2 Å². The van der Waals surface area contributed by atoms with E-state index in [1.165, 1.54) is 0 Å². The van der Waals surface area contributed by atoms with E-state index in [9.17, 15) is 4.79 Å². The molecule has 5 heteroatoms. The molecule has 1 N–H and O–H groups in total. The zero-order valence-corrected chi connectivity index (χ0v) is 12.8. The van der Waals surface area contributed by atoms with Gasteiger partial charge in [0.25, 0.3) is 0 Å². The Morgan fingerprint density at radius 3 is 2.80 bits per heavy atom. The summed E-state index contributed by atoms with van der Waals surface area (Å²) in [6.45, 7) is 1.02. The minimum Gasteiger partial charge on any atom is -0.324 e. The largest absolute Gasteiger partial charge is 0.324 e. The van der Waals surface area contributed by atoms with Crippen LogP contribution < -0.4 is 5.32 Å². The number of para-hydroxylation sites is 1. The Kier molecular flexibility index (Phi) is 5.26. The van der Waals surface area contributed by atoms with Crippen LogP contribution in [0.2, 0.25) is 0 Å². The molecule has 20 heavy (non-hydrogen) atoms. The summed E-state index contributed by atoms with van der Waals surface area (Å²) in [6.07, 6.45) is 3.55. The number of amides is 1. The third-order valence-electron chi connectivity index (χ3n) is 2.74. The molecule has 0 bridgehead atoms. The average molecular weight is 334 g/mol. The van der Waals surface area contributed by atoms with Crippen LogP contribution in [0.25, 0.3) is 0 Å². The summed E-state index contributed by atoms with van der Waals surface area (Å²) < 4.78 is 0.878. The van der Waals surface area contributed by atoms with Gasteiger partial charge >= 0.3 is 0 Å². The number of rotatable bonds is 5. The summed E-state index contributed by atoms with van der Waals surface area (Å²) in [5.74, 6) is -0.0386. The van der Waals surface area contributed by atoms with Gasteiger partial charge in [0, 0.05) is 23.4 Å². The van der Waals surface area contributed by atoms with Gasteiger partial charge in [-0.15, -0.1) is 0 Å². The fraction of sp³-hybridized carbons (Fsp3) is 0.200. The van der Waals surface area contributed by atoms with E-state index in [1.54, 1.807) is 6.20 Å². The number of benzene rings is 1. The topological polar surface area (TPSA) is 45.2 Å². The van der Waals surface area contributed by atoms with Gasteiger partial charge in [-0.25, -0.2) is 0 Å². The summed E-state index contributed by atoms with van der Waals surface area (Å²) in [6, 6.07) is 11.4. The highest BCUT2D eigenvalue weighted by atomic mass is 79.9. The minimum atomic E-state index is -0.0386. The lowest BCUT2D eigenvalue weighted by atomic mass is 10.2. The Balaban J connectivity index is 1.87. The van der Waals surface area contributed by atoms with E-state index in [0.29, 0.717) is 13.1 Å². The van der Waals surface area contributed by atoms with Crippen molar-refractivity contribution in [3.63, 3.8) is 0 Å². The van der Waals surface area contributed by atoms with Crippen molar-refractivity contribution >= 4 is 27.5 Å². The van der Waals surface area contributed by atoms with Gasteiger partial charge in [0.05, 0.1) is 12.2 Å². The molecular formula is C15H16BrN3O. The molecule has 0 atom stereocenters. The van der Waals surface area contributed by atoms with Crippen LogP contribution in [0.1, 0.15) is 5.56 Å². The lowest BCUT2D eigenvalue weighted by Gasteiger charge is -2.16. The molecule has 104 valence electrons. The molecule has 4 nitrogen and oxygen atoms in total. The molecule has 0 spiro atoms. The molecule has 1 heterocycles. The predicted molar refractivity (Wildman–Crippen MR) is 83.3 cm³/mol. The number of nitrogens with one attached hydrogen (secondary N) is 1. The Bertz CT molecular complexity index is 574. The van der Waals surface area contributed by atoms with E-state index in [4.69, 9.17) is 0 Å². The van der Waals surface area contributed by atoms with E-state index in [0.717, 1.165) is 15.7 Å². The third-order valence-corrected chi connectivity index (χ3v) is 3.43. The summed E-state index contributed by atoms with van der Waals surface area (Å²) >= 11 is 3.41.